The van der Waals surface area contributed by atoms with E-state index in [9.17, 15) is 4.39 Å². The number of nitrogen functional groups attached to an aromatic ring is 1. The molecule has 0 fully saturated rings. The Balaban J connectivity index is 2.04. The van der Waals surface area contributed by atoms with E-state index in [1.54, 1.807) is 6.20 Å². The van der Waals surface area contributed by atoms with Gasteiger partial charge in [0.05, 0.1) is 23.1 Å². The molecule has 0 saturated carbocycles. The molecule has 0 amide bonds. The van der Waals surface area contributed by atoms with Gasteiger partial charge in [0.1, 0.15) is 11.6 Å². The first-order valence-corrected chi connectivity index (χ1v) is 4.89. The molecular formula is C10H9ClFN3O. The number of nitrogens with two attached hydrogens (primary N) is 1. The third-order valence-electron chi connectivity index (χ3n) is 1.90. The summed E-state index contributed by atoms with van der Waals surface area (Å²) in [6, 6.07) is 3.93. The topological polar surface area (TPSA) is 53.1 Å². The molecule has 4 nitrogen and oxygen atoms in total. The van der Waals surface area contributed by atoms with Gasteiger partial charge in [0.25, 0.3) is 0 Å². The highest BCUT2D eigenvalue weighted by Crippen LogP contribution is 2.25. The Morgan fingerprint density at radius 1 is 1.50 bits per heavy atom. The third kappa shape index (κ3) is 2.43. The van der Waals surface area contributed by atoms with Crippen molar-refractivity contribution in [3.63, 3.8) is 0 Å². The summed E-state index contributed by atoms with van der Waals surface area (Å²) in [6.45, 7) is 0.169. The molecule has 0 bridgehead atoms. The van der Waals surface area contributed by atoms with Crippen molar-refractivity contribution in [2.45, 2.75) is 6.73 Å². The maximum Gasteiger partial charge on any atom is 0.181 e. The molecular weight excluding hydrogens is 233 g/mol. The minimum atomic E-state index is -0.402. The maximum absolute atomic E-state index is 12.7. The first kappa shape index (κ1) is 10.8. The summed E-state index contributed by atoms with van der Waals surface area (Å²) in [5, 5.41) is 4.15. The van der Waals surface area contributed by atoms with Crippen LogP contribution in [-0.4, -0.2) is 9.78 Å². The fraction of sp³-hybridized carbons (Fsp3) is 0.100. The lowest BCUT2D eigenvalue weighted by atomic mass is 10.3. The molecule has 0 aliphatic carbocycles. The van der Waals surface area contributed by atoms with Gasteiger partial charge in [-0.3, -0.25) is 0 Å². The van der Waals surface area contributed by atoms with Crippen LogP contribution in [0, 0.1) is 5.82 Å². The van der Waals surface area contributed by atoms with Crippen LogP contribution in [-0.2, 0) is 6.73 Å². The number of nitrogens with zero attached hydrogens (tertiary/aromatic N) is 2. The molecule has 16 heavy (non-hydrogen) atoms. The van der Waals surface area contributed by atoms with Gasteiger partial charge in [-0.15, -0.1) is 0 Å². The van der Waals surface area contributed by atoms with Crippen LogP contribution < -0.4 is 10.5 Å². The molecule has 1 aromatic carbocycles. The van der Waals surface area contributed by atoms with Gasteiger partial charge in [-0.25, -0.2) is 9.07 Å². The maximum atomic E-state index is 12.7. The van der Waals surface area contributed by atoms with Crippen LogP contribution in [0.2, 0.25) is 5.02 Å². The largest absolute Gasteiger partial charge is 0.470 e. The van der Waals surface area contributed by atoms with Crippen LogP contribution in [0.25, 0.3) is 0 Å². The van der Waals surface area contributed by atoms with Gasteiger partial charge in [-0.05, 0) is 18.2 Å². The zero-order valence-electron chi connectivity index (χ0n) is 8.23. The fourth-order valence-electron chi connectivity index (χ4n) is 1.18. The minimum absolute atomic E-state index is 0.169. The summed E-state index contributed by atoms with van der Waals surface area (Å²) >= 11 is 5.78. The molecule has 2 aromatic rings. The van der Waals surface area contributed by atoms with Crippen molar-refractivity contribution in [3.05, 3.63) is 41.4 Å². The van der Waals surface area contributed by atoms with Crippen molar-refractivity contribution in [2.24, 2.45) is 0 Å². The van der Waals surface area contributed by atoms with Crippen LogP contribution in [0.4, 0.5) is 10.1 Å². The predicted octanol–water partition coefficient (Wildman–Crippen LogP) is 2.29. The van der Waals surface area contributed by atoms with Gasteiger partial charge >= 0.3 is 0 Å². The Morgan fingerprint density at radius 2 is 2.31 bits per heavy atom. The number of hydrogen-bond acceptors (Lipinski definition) is 3. The molecule has 0 aliphatic rings. The second-order valence-corrected chi connectivity index (χ2v) is 3.57. The second kappa shape index (κ2) is 4.40. The highest BCUT2D eigenvalue weighted by Gasteiger charge is 2.03. The zero-order chi connectivity index (χ0) is 11.5. The summed E-state index contributed by atoms with van der Waals surface area (Å²) in [5.74, 6) is -0.00202. The second-order valence-electron chi connectivity index (χ2n) is 3.16. The number of halogens is 2. The monoisotopic (exact) mass is 241 g/mol. The van der Waals surface area contributed by atoms with Gasteiger partial charge < -0.3 is 10.5 Å². The number of anilines is 1. The minimum Gasteiger partial charge on any atom is -0.470 e. The van der Waals surface area contributed by atoms with Crippen LogP contribution >= 0.6 is 11.6 Å². The fourth-order valence-corrected chi connectivity index (χ4v) is 1.40. The molecule has 2 N–H and O–H groups in total. The molecule has 2 rings (SSSR count). The molecule has 0 saturated heterocycles. The zero-order valence-corrected chi connectivity index (χ0v) is 8.99. The number of hydrogen-bond donors (Lipinski definition) is 1. The molecule has 0 aliphatic heterocycles. The van der Waals surface area contributed by atoms with E-state index in [1.165, 1.54) is 29.1 Å². The Kier molecular flexibility index (Phi) is 2.96. The molecule has 0 radical (unpaired) electrons. The lowest BCUT2D eigenvalue weighted by molar-refractivity contribution is 0.221. The Labute approximate surface area is 96.4 Å². The van der Waals surface area contributed by atoms with E-state index in [4.69, 9.17) is 22.1 Å². The van der Waals surface area contributed by atoms with Crippen LogP contribution in [0.3, 0.4) is 0 Å². The van der Waals surface area contributed by atoms with Gasteiger partial charge in [0.15, 0.2) is 6.73 Å². The Morgan fingerprint density at radius 3 is 2.94 bits per heavy atom. The number of rotatable bonds is 3. The van der Waals surface area contributed by atoms with E-state index < -0.39 is 5.82 Å². The van der Waals surface area contributed by atoms with Crippen LogP contribution in [0.1, 0.15) is 0 Å². The average molecular weight is 242 g/mol. The van der Waals surface area contributed by atoms with Gasteiger partial charge in [-0.1, -0.05) is 11.6 Å². The van der Waals surface area contributed by atoms with E-state index in [-0.39, 0.29) is 11.8 Å². The summed E-state index contributed by atoms with van der Waals surface area (Å²) in [6.07, 6.45) is 3.13. The van der Waals surface area contributed by atoms with Gasteiger partial charge in [0.2, 0.25) is 0 Å². The Bertz CT molecular complexity index is 501. The quantitative estimate of drug-likeness (QED) is 0.897. The number of benzene rings is 1. The molecule has 84 valence electrons. The first-order valence-electron chi connectivity index (χ1n) is 4.51. The number of ether oxygens (including phenoxy) is 1. The predicted molar refractivity (Wildman–Crippen MR) is 58.7 cm³/mol. The van der Waals surface area contributed by atoms with Crippen molar-refractivity contribution < 1.29 is 9.13 Å². The highest BCUT2D eigenvalue weighted by atomic mass is 35.5. The third-order valence-corrected chi connectivity index (χ3v) is 2.19. The lowest BCUT2D eigenvalue weighted by Crippen LogP contribution is -2.05. The van der Waals surface area contributed by atoms with Gasteiger partial charge in [-0.2, -0.15) is 5.10 Å². The highest BCUT2D eigenvalue weighted by molar-refractivity contribution is 6.32. The SMILES string of the molecule is Nc1cnn(COc2ccc(F)cc2Cl)c1. The normalized spacial score (nSPS) is 10.4. The van der Waals surface area contributed by atoms with Crippen molar-refractivity contribution in [1.29, 1.82) is 0 Å². The summed E-state index contributed by atoms with van der Waals surface area (Å²) in [7, 11) is 0. The van der Waals surface area contributed by atoms with Crippen LogP contribution in [0.15, 0.2) is 30.6 Å². The van der Waals surface area contributed by atoms with Gasteiger partial charge in [0, 0.05) is 0 Å². The molecule has 0 unspecified atom stereocenters. The molecule has 1 heterocycles. The Hall–Kier alpha value is -1.75. The first-order chi connectivity index (χ1) is 7.65. The van der Waals surface area contributed by atoms with Crippen molar-refractivity contribution in [2.75, 3.05) is 5.73 Å². The summed E-state index contributed by atoms with van der Waals surface area (Å²) in [4.78, 5) is 0. The molecule has 0 atom stereocenters. The molecule has 6 heteroatoms. The smallest absolute Gasteiger partial charge is 0.181 e. The van der Waals surface area contributed by atoms with E-state index in [1.807, 2.05) is 0 Å². The van der Waals surface area contributed by atoms with Crippen LogP contribution in [0.5, 0.6) is 5.75 Å². The summed E-state index contributed by atoms with van der Waals surface area (Å²) in [5.41, 5.74) is 6.03. The van der Waals surface area contributed by atoms with E-state index in [2.05, 4.69) is 5.10 Å². The van der Waals surface area contributed by atoms with E-state index in [0.29, 0.717) is 11.4 Å². The lowest BCUT2D eigenvalue weighted by Gasteiger charge is -2.07. The molecule has 1 aromatic heterocycles. The number of aromatic nitrogens is 2. The van der Waals surface area contributed by atoms with E-state index >= 15 is 0 Å². The molecule has 0 spiro atoms. The standard InChI is InChI=1S/C10H9ClFN3O/c11-9-3-7(12)1-2-10(9)16-6-15-5-8(13)4-14-15/h1-5H,6,13H2. The van der Waals surface area contributed by atoms with Crippen molar-refractivity contribution in [3.8, 4) is 5.75 Å². The van der Waals surface area contributed by atoms with Crippen molar-refractivity contribution in [1.82, 2.24) is 9.78 Å². The summed E-state index contributed by atoms with van der Waals surface area (Å²) < 4.78 is 19.6. The van der Waals surface area contributed by atoms with E-state index in [0.717, 1.165) is 0 Å². The van der Waals surface area contributed by atoms with Crippen molar-refractivity contribution >= 4 is 17.3 Å². The average Bonchev–Trinajstić information content (AvgIpc) is 2.63.